The van der Waals surface area contributed by atoms with Crippen LogP contribution in [0.15, 0.2) is 42.5 Å². The van der Waals surface area contributed by atoms with E-state index in [-0.39, 0.29) is 17.7 Å². The van der Waals surface area contributed by atoms with Crippen molar-refractivity contribution in [3.63, 3.8) is 0 Å². The van der Waals surface area contributed by atoms with Crippen LogP contribution in [0.1, 0.15) is 39.2 Å². The quantitative estimate of drug-likeness (QED) is 0.714. The van der Waals surface area contributed by atoms with Gasteiger partial charge < -0.3 is 24.6 Å². The molecule has 1 aliphatic carbocycles. The molecule has 0 aromatic heterocycles. The van der Waals surface area contributed by atoms with Gasteiger partial charge in [-0.1, -0.05) is 12.1 Å². The number of hydrogen-bond donors (Lipinski definition) is 2. The lowest BCUT2D eigenvalue weighted by Crippen LogP contribution is -2.47. The summed E-state index contributed by atoms with van der Waals surface area (Å²) in [5.74, 6) is 3.28. The second-order valence-corrected chi connectivity index (χ2v) is 8.87. The summed E-state index contributed by atoms with van der Waals surface area (Å²) in [5, 5.41) is 13.9. The van der Waals surface area contributed by atoms with Gasteiger partial charge in [0, 0.05) is 17.6 Å². The predicted octanol–water partition coefficient (Wildman–Crippen LogP) is 4.57. The number of aliphatic hydroxyl groups is 1. The Kier molecular flexibility index (Phi) is 6.70. The number of nitrogens with one attached hydrogen (secondary N) is 1. The van der Waals surface area contributed by atoms with E-state index in [4.69, 9.17) is 14.2 Å². The van der Waals surface area contributed by atoms with Crippen LogP contribution in [0.25, 0.3) is 0 Å². The van der Waals surface area contributed by atoms with E-state index in [1.807, 2.05) is 30.3 Å². The Bertz CT molecular complexity index is 798. The molecule has 0 saturated heterocycles. The lowest BCUT2D eigenvalue weighted by molar-refractivity contribution is 0.133. The maximum Gasteiger partial charge on any atom is 0.164 e. The second kappa shape index (κ2) is 9.06. The third-order valence-corrected chi connectivity index (χ3v) is 5.28. The van der Waals surface area contributed by atoms with Crippen molar-refractivity contribution in [1.82, 2.24) is 5.32 Å². The van der Waals surface area contributed by atoms with Gasteiger partial charge in [0.05, 0.1) is 20.3 Å². The first kappa shape index (κ1) is 21.5. The van der Waals surface area contributed by atoms with Gasteiger partial charge in [-0.05, 0) is 75.8 Å². The average Bonchev–Trinajstić information content (AvgIpc) is 3.00. The summed E-state index contributed by atoms with van der Waals surface area (Å²) in [6.45, 7) is 6.43. The molecule has 1 fully saturated rings. The largest absolute Gasteiger partial charge is 0.493 e. The van der Waals surface area contributed by atoms with Crippen LogP contribution in [0, 0.1) is 5.92 Å². The van der Waals surface area contributed by atoms with Gasteiger partial charge in [0.25, 0.3) is 0 Å². The Morgan fingerprint density at radius 3 is 2.21 bits per heavy atom. The van der Waals surface area contributed by atoms with Crippen LogP contribution >= 0.6 is 0 Å². The minimum Gasteiger partial charge on any atom is -0.493 e. The van der Waals surface area contributed by atoms with Gasteiger partial charge in [-0.15, -0.1) is 0 Å². The third-order valence-electron chi connectivity index (χ3n) is 5.28. The molecule has 0 radical (unpaired) electrons. The van der Waals surface area contributed by atoms with E-state index < -0.39 is 0 Å². The molecular formula is C24H33NO4. The normalized spacial score (nSPS) is 21.8. The minimum atomic E-state index is -0.271. The standard InChI is InChI=1S/C24H33NO4/c1-24(2,3)25-20-13-17(14-21(20)26)12-16-6-8-18(9-7-16)29-19-10-11-22(27-4)23(15-19)28-5/h6-11,15,17,20-21,25-26H,12-14H2,1-5H3/t17-,20-,21-/m0/s1. The maximum absolute atomic E-state index is 10.4. The zero-order chi connectivity index (χ0) is 21.0. The fourth-order valence-corrected chi connectivity index (χ4v) is 4.04. The summed E-state index contributed by atoms with van der Waals surface area (Å²) in [7, 11) is 3.22. The summed E-state index contributed by atoms with van der Waals surface area (Å²) in [6.07, 6.45) is 2.54. The number of methoxy groups -OCH3 is 2. The lowest BCUT2D eigenvalue weighted by atomic mass is 9.97. The van der Waals surface area contributed by atoms with Gasteiger partial charge in [-0.25, -0.2) is 0 Å². The van der Waals surface area contributed by atoms with Crippen molar-refractivity contribution in [1.29, 1.82) is 0 Å². The van der Waals surface area contributed by atoms with Crippen LogP contribution in [0.2, 0.25) is 0 Å². The molecule has 0 spiro atoms. The van der Waals surface area contributed by atoms with Crippen molar-refractivity contribution in [3.8, 4) is 23.0 Å². The van der Waals surface area contributed by atoms with Crippen molar-refractivity contribution in [3.05, 3.63) is 48.0 Å². The third kappa shape index (κ3) is 5.87. The predicted molar refractivity (Wildman–Crippen MR) is 115 cm³/mol. The van der Waals surface area contributed by atoms with E-state index in [0.717, 1.165) is 25.0 Å². The molecule has 0 bridgehead atoms. The number of aliphatic hydroxyl groups excluding tert-OH is 1. The van der Waals surface area contributed by atoms with Crippen LogP contribution in [-0.4, -0.2) is 37.0 Å². The van der Waals surface area contributed by atoms with E-state index in [9.17, 15) is 5.11 Å². The summed E-state index contributed by atoms with van der Waals surface area (Å²) in [5.41, 5.74) is 1.28. The summed E-state index contributed by atoms with van der Waals surface area (Å²) < 4.78 is 16.5. The first-order valence-corrected chi connectivity index (χ1v) is 10.2. The molecule has 2 aromatic carbocycles. The van der Waals surface area contributed by atoms with Gasteiger partial charge in [0.1, 0.15) is 11.5 Å². The fourth-order valence-electron chi connectivity index (χ4n) is 4.04. The highest BCUT2D eigenvalue weighted by Gasteiger charge is 2.34. The van der Waals surface area contributed by atoms with Gasteiger partial charge in [0.15, 0.2) is 11.5 Å². The highest BCUT2D eigenvalue weighted by atomic mass is 16.5. The lowest BCUT2D eigenvalue weighted by Gasteiger charge is -2.27. The Balaban J connectivity index is 1.58. The summed E-state index contributed by atoms with van der Waals surface area (Å²) in [6, 6.07) is 13.9. The molecule has 29 heavy (non-hydrogen) atoms. The molecule has 158 valence electrons. The Morgan fingerprint density at radius 1 is 0.931 bits per heavy atom. The molecule has 5 nitrogen and oxygen atoms in total. The number of benzene rings is 2. The molecule has 0 heterocycles. The zero-order valence-electron chi connectivity index (χ0n) is 18.1. The SMILES string of the molecule is COc1ccc(Oc2ccc(C[C@H]3C[C@H](NC(C)(C)C)[C@@H](O)C3)cc2)cc1OC. The summed E-state index contributed by atoms with van der Waals surface area (Å²) in [4.78, 5) is 0. The molecule has 0 amide bonds. The van der Waals surface area contributed by atoms with Gasteiger partial charge in [0.2, 0.25) is 0 Å². The van der Waals surface area contributed by atoms with Crippen molar-refractivity contribution in [2.45, 2.75) is 57.7 Å². The van der Waals surface area contributed by atoms with Crippen LogP contribution < -0.4 is 19.5 Å². The molecule has 3 atom stereocenters. The van der Waals surface area contributed by atoms with Gasteiger partial charge in [-0.2, -0.15) is 0 Å². The number of ether oxygens (including phenoxy) is 3. The van der Waals surface area contributed by atoms with Crippen molar-refractivity contribution < 1.29 is 19.3 Å². The minimum absolute atomic E-state index is 0.0175. The monoisotopic (exact) mass is 399 g/mol. The van der Waals surface area contributed by atoms with Crippen molar-refractivity contribution >= 4 is 0 Å². The molecule has 1 aliphatic rings. The molecule has 5 heteroatoms. The molecule has 2 aromatic rings. The number of rotatable bonds is 7. The van der Waals surface area contributed by atoms with E-state index in [1.165, 1.54) is 5.56 Å². The van der Waals surface area contributed by atoms with Gasteiger partial charge >= 0.3 is 0 Å². The number of hydrogen-bond acceptors (Lipinski definition) is 5. The maximum atomic E-state index is 10.4. The molecule has 3 rings (SSSR count). The topological polar surface area (TPSA) is 60.0 Å². The van der Waals surface area contributed by atoms with E-state index in [0.29, 0.717) is 23.2 Å². The molecule has 0 unspecified atom stereocenters. The van der Waals surface area contributed by atoms with Crippen LogP contribution in [0.4, 0.5) is 0 Å². The fraction of sp³-hybridized carbons (Fsp3) is 0.500. The van der Waals surface area contributed by atoms with Crippen LogP contribution in [0.3, 0.4) is 0 Å². The highest BCUT2D eigenvalue weighted by molar-refractivity contribution is 5.46. The van der Waals surface area contributed by atoms with Crippen molar-refractivity contribution in [2.24, 2.45) is 5.92 Å². The Hall–Kier alpha value is -2.24. The first-order valence-electron chi connectivity index (χ1n) is 10.2. The van der Waals surface area contributed by atoms with E-state index >= 15 is 0 Å². The summed E-state index contributed by atoms with van der Waals surface area (Å²) >= 11 is 0. The Labute approximate surface area is 174 Å². The van der Waals surface area contributed by atoms with Crippen LogP contribution in [-0.2, 0) is 6.42 Å². The highest BCUT2D eigenvalue weighted by Crippen LogP contribution is 2.34. The zero-order valence-corrected chi connectivity index (χ0v) is 18.1. The average molecular weight is 400 g/mol. The second-order valence-electron chi connectivity index (χ2n) is 8.87. The smallest absolute Gasteiger partial charge is 0.164 e. The van der Waals surface area contributed by atoms with Crippen molar-refractivity contribution in [2.75, 3.05) is 14.2 Å². The molecule has 1 saturated carbocycles. The van der Waals surface area contributed by atoms with Crippen LogP contribution in [0.5, 0.6) is 23.0 Å². The van der Waals surface area contributed by atoms with E-state index in [1.54, 1.807) is 14.2 Å². The first-order chi connectivity index (χ1) is 13.8. The van der Waals surface area contributed by atoms with Gasteiger partial charge in [-0.3, -0.25) is 0 Å². The molecule has 0 aliphatic heterocycles. The Morgan fingerprint density at radius 2 is 1.59 bits per heavy atom. The molecule has 2 N–H and O–H groups in total. The van der Waals surface area contributed by atoms with E-state index in [2.05, 4.69) is 38.2 Å². The molecular weight excluding hydrogens is 366 g/mol.